The number of amides is 2. The summed E-state index contributed by atoms with van der Waals surface area (Å²) in [6.45, 7) is -0.524. The van der Waals surface area contributed by atoms with Gasteiger partial charge in [0.1, 0.15) is 17.3 Å². The number of hydrogen-bond acceptors (Lipinski definition) is 8. The van der Waals surface area contributed by atoms with E-state index in [1.165, 1.54) is 11.3 Å². The molecule has 10 heteroatoms. The Bertz CT molecular complexity index is 1180. The first-order valence-corrected chi connectivity index (χ1v) is 10.6. The van der Waals surface area contributed by atoms with Gasteiger partial charge in [-0.2, -0.15) is 5.26 Å². The molecule has 2 amide bonds. The van der Waals surface area contributed by atoms with Gasteiger partial charge in [0, 0.05) is 24.8 Å². The van der Waals surface area contributed by atoms with E-state index in [2.05, 4.69) is 10.6 Å². The third kappa shape index (κ3) is 6.02. The molecule has 0 radical (unpaired) electrons. The number of thiophene rings is 1. The predicted octanol–water partition coefficient (Wildman–Crippen LogP) is 3.02. The Morgan fingerprint density at radius 3 is 2.59 bits per heavy atom. The monoisotopic (exact) mass is 453 g/mol. The highest BCUT2D eigenvalue weighted by Crippen LogP contribution is 2.30. The predicted molar refractivity (Wildman–Crippen MR) is 116 cm³/mol. The van der Waals surface area contributed by atoms with Crippen LogP contribution in [-0.4, -0.2) is 36.7 Å². The van der Waals surface area contributed by atoms with Crippen LogP contribution < -0.4 is 10.6 Å². The summed E-state index contributed by atoms with van der Waals surface area (Å²) in [4.78, 5) is 48.2. The average molecular weight is 453 g/mol. The number of anilines is 1. The number of carbonyl (C=O) groups is 4. The third-order valence-corrected chi connectivity index (χ3v) is 5.26. The Morgan fingerprint density at radius 1 is 1.03 bits per heavy atom. The maximum absolute atomic E-state index is 12.1. The minimum atomic E-state index is -0.673. The number of Topliss-reactive ketones (excluding diaryl/α,β-unsaturated/α-hetero) is 1. The van der Waals surface area contributed by atoms with E-state index in [9.17, 15) is 24.4 Å². The number of carbonyl (C=O) groups excluding carboxylic acids is 4. The maximum Gasteiger partial charge on any atom is 0.308 e. The molecule has 0 aliphatic carbocycles. The van der Waals surface area contributed by atoms with Crippen LogP contribution in [0.1, 0.15) is 34.7 Å². The van der Waals surface area contributed by atoms with Crippen LogP contribution in [-0.2, 0) is 19.1 Å². The summed E-state index contributed by atoms with van der Waals surface area (Å²) in [5, 5.41) is 16.6. The van der Waals surface area contributed by atoms with Crippen LogP contribution in [0.5, 0.6) is 0 Å². The number of esters is 1. The second kappa shape index (κ2) is 10.9. The summed E-state index contributed by atoms with van der Waals surface area (Å²) in [6, 6.07) is 12.2. The van der Waals surface area contributed by atoms with Crippen LogP contribution in [0.4, 0.5) is 5.69 Å². The first-order chi connectivity index (χ1) is 15.5. The summed E-state index contributed by atoms with van der Waals surface area (Å²) < 4.78 is 10.3. The highest BCUT2D eigenvalue weighted by Gasteiger charge is 2.17. The molecule has 0 saturated carbocycles. The Kier molecular flexibility index (Phi) is 7.72. The van der Waals surface area contributed by atoms with Crippen molar-refractivity contribution in [3.8, 4) is 6.07 Å². The molecule has 1 aromatic carbocycles. The summed E-state index contributed by atoms with van der Waals surface area (Å²) in [5.41, 5.74) is 0.665. The molecule has 0 bridgehead atoms. The zero-order chi connectivity index (χ0) is 22.9. The number of ketones is 1. The standard InChI is InChI=1S/C22H19N3O6S/c23-12-17-22(14-4-1-2-5-16(14)31-17)25-20(28)13-30-21(29)9-10-24-19(27)8-7-15(26)18-6-3-11-32-18/h1-6,11H,7-10,13H2,(H,24,27)(H,25,28). The van der Waals surface area contributed by atoms with Gasteiger partial charge < -0.3 is 19.8 Å². The summed E-state index contributed by atoms with van der Waals surface area (Å²) in [5.74, 6) is -1.81. The van der Waals surface area contributed by atoms with Gasteiger partial charge in [-0.05, 0) is 23.6 Å². The molecule has 0 saturated heterocycles. The fourth-order valence-electron chi connectivity index (χ4n) is 2.82. The fourth-order valence-corrected chi connectivity index (χ4v) is 3.52. The number of fused-ring (bicyclic) bond motifs is 1. The number of furan rings is 1. The molecule has 0 unspecified atom stereocenters. The summed E-state index contributed by atoms with van der Waals surface area (Å²) in [7, 11) is 0. The molecule has 3 rings (SSSR count). The number of nitriles is 1. The van der Waals surface area contributed by atoms with Crippen molar-refractivity contribution in [2.45, 2.75) is 19.3 Å². The van der Waals surface area contributed by atoms with Crippen molar-refractivity contribution in [3.63, 3.8) is 0 Å². The molecule has 9 nitrogen and oxygen atoms in total. The van der Waals surface area contributed by atoms with E-state index >= 15 is 0 Å². The smallest absolute Gasteiger partial charge is 0.308 e. The van der Waals surface area contributed by atoms with Crippen molar-refractivity contribution in [2.24, 2.45) is 0 Å². The minimum absolute atomic E-state index is 0.0219. The molecule has 2 heterocycles. The van der Waals surface area contributed by atoms with E-state index in [1.807, 2.05) is 6.07 Å². The van der Waals surface area contributed by atoms with Gasteiger partial charge in [0.15, 0.2) is 12.4 Å². The number of benzene rings is 1. The Morgan fingerprint density at radius 2 is 1.84 bits per heavy atom. The van der Waals surface area contributed by atoms with Crippen molar-refractivity contribution in [1.29, 1.82) is 5.26 Å². The van der Waals surface area contributed by atoms with E-state index in [1.54, 1.807) is 41.8 Å². The molecule has 32 heavy (non-hydrogen) atoms. The highest BCUT2D eigenvalue weighted by molar-refractivity contribution is 7.12. The van der Waals surface area contributed by atoms with Crippen molar-refractivity contribution >= 4 is 51.6 Å². The zero-order valence-electron chi connectivity index (χ0n) is 16.9. The normalized spacial score (nSPS) is 10.3. The Hall–Kier alpha value is -3.97. The molecule has 0 atom stereocenters. The topological polar surface area (TPSA) is 138 Å². The van der Waals surface area contributed by atoms with Crippen LogP contribution in [0.3, 0.4) is 0 Å². The number of para-hydroxylation sites is 1. The molecular formula is C22H19N3O6S. The van der Waals surface area contributed by atoms with E-state index in [0.29, 0.717) is 15.8 Å². The molecule has 0 spiro atoms. The fraction of sp³-hybridized carbons (Fsp3) is 0.227. The molecule has 3 aromatic rings. The summed E-state index contributed by atoms with van der Waals surface area (Å²) >= 11 is 1.32. The molecular weight excluding hydrogens is 434 g/mol. The van der Waals surface area contributed by atoms with Crippen LogP contribution in [0.25, 0.3) is 11.0 Å². The van der Waals surface area contributed by atoms with Crippen molar-refractivity contribution in [2.75, 3.05) is 18.5 Å². The van der Waals surface area contributed by atoms with Gasteiger partial charge in [-0.1, -0.05) is 18.2 Å². The highest BCUT2D eigenvalue weighted by atomic mass is 32.1. The van der Waals surface area contributed by atoms with Crippen molar-refractivity contribution < 1.29 is 28.3 Å². The largest absolute Gasteiger partial charge is 0.456 e. The number of nitrogens with one attached hydrogen (secondary N) is 2. The Balaban J connectivity index is 1.36. The average Bonchev–Trinajstić information content (AvgIpc) is 3.45. The lowest BCUT2D eigenvalue weighted by molar-refractivity contribution is -0.147. The van der Waals surface area contributed by atoms with Crippen LogP contribution >= 0.6 is 11.3 Å². The van der Waals surface area contributed by atoms with Gasteiger partial charge in [-0.25, -0.2) is 0 Å². The number of rotatable bonds is 10. The van der Waals surface area contributed by atoms with Crippen LogP contribution in [0.15, 0.2) is 46.2 Å². The SMILES string of the molecule is N#Cc1oc2ccccc2c1NC(=O)COC(=O)CCNC(=O)CCC(=O)c1cccs1. The van der Waals surface area contributed by atoms with Crippen molar-refractivity contribution in [1.82, 2.24) is 5.32 Å². The summed E-state index contributed by atoms with van der Waals surface area (Å²) in [6.07, 6.45) is -0.0195. The lowest BCUT2D eigenvalue weighted by Gasteiger charge is -2.07. The number of ether oxygens (including phenoxy) is 1. The van der Waals surface area contributed by atoms with Gasteiger partial charge in [0.25, 0.3) is 5.91 Å². The first kappa shape index (κ1) is 22.7. The Labute approximate surface area is 187 Å². The van der Waals surface area contributed by atoms with Crippen LogP contribution in [0.2, 0.25) is 0 Å². The van der Waals surface area contributed by atoms with E-state index < -0.39 is 18.5 Å². The number of hydrogen-bond donors (Lipinski definition) is 2. The van der Waals surface area contributed by atoms with Gasteiger partial charge in [0.05, 0.1) is 11.3 Å². The quantitative estimate of drug-likeness (QED) is 0.355. The van der Waals surface area contributed by atoms with Gasteiger partial charge in [-0.3, -0.25) is 19.2 Å². The molecule has 0 aliphatic rings. The zero-order valence-corrected chi connectivity index (χ0v) is 17.7. The van der Waals surface area contributed by atoms with Gasteiger partial charge in [-0.15, -0.1) is 11.3 Å². The lowest BCUT2D eigenvalue weighted by atomic mass is 10.2. The first-order valence-electron chi connectivity index (χ1n) is 9.68. The van der Waals surface area contributed by atoms with Gasteiger partial charge in [0.2, 0.25) is 11.7 Å². The third-order valence-electron chi connectivity index (χ3n) is 4.35. The van der Waals surface area contributed by atoms with E-state index in [0.717, 1.165) is 0 Å². The maximum atomic E-state index is 12.1. The van der Waals surface area contributed by atoms with Crippen LogP contribution in [0, 0.1) is 11.3 Å². The van der Waals surface area contributed by atoms with Crippen molar-refractivity contribution in [3.05, 3.63) is 52.4 Å². The lowest BCUT2D eigenvalue weighted by Crippen LogP contribution is -2.28. The molecule has 2 aromatic heterocycles. The van der Waals surface area contributed by atoms with Gasteiger partial charge >= 0.3 is 5.97 Å². The molecule has 2 N–H and O–H groups in total. The number of nitrogens with zero attached hydrogens (tertiary/aromatic N) is 1. The second-order valence-corrected chi connectivity index (χ2v) is 7.57. The van der Waals surface area contributed by atoms with E-state index in [-0.39, 0.29) is 48.9 Å². The molecule has 0 aliphatic heterocycles. The van der Waals surface area contributed by atoms with E-state index in [4.69, 9.17) is 9.15 Å². The minimum Gasteiger partial charge on any atom is -0.456 e. The molecule has 0 fully saturated rings. The second-order valence-electron chi connectivity index (χ2n) is 6.62. The molecule has 164 valence electrons.